The molecule has 0 aliphatic rings. The van der Waals surface area contributed by atoms with Crippen LogP contribution in [0.1, 0.15) is 0 Å². The summed E-state index contributed by atoms with van der Waals surface area (Å²) in [5, 5.41) is 17.9. The third-order valence-corrected chi connectivity index (χ3v) is 2.00. The van der Waals surface area contributed by atoms with E-state index >= 15 is 0 Å². The van der Waals surface area contributed by atoms with Crippen molar-refractivity contribution in [2.75, 3.05) is 18.5 Å². The van der Waals surface area contributed by atoms with Crippen molar-refractivity contribution < 1.29 is 15.0 Å². The fourth-order valence-corrected chi connectivity index (χ4v) is 1.18. The number of benzene rings is 1. The number of hydrogen-bond acceptors (Lipinski definition) is 3. The summed E-state index contributed by atoms with van der Waals surface area (Å²) in [6.45, 7) is 3.66. The highest BCUT2D eigenvalue weighted by Gasteiger charge is 2.08. The van der Waals surface area contributed by atoms with Gasteiger partial charge < -0.3 is 15.1 Å². The van der Waals surface area contributed by atoms with Gasteiger partial charge in [-0.05, 0) is 12.1 Å². The topological polar surface area (TPSA) is 60.8 Å². The number of likely N-dealkylation sites (N-methyl/N-ethyl adjacent to an activating group) is 1. The van der Waals surface area contributed by atoms with E-state index in [4.69, 9.17) is 5.11 Å². The molecule has 1 aromatic rings. The van der Waals surface area contributed by atoms with E-state index in [1.54, 1.807) is 36.2 Å². The van der Waals surface area contributed by atoms with Gasteiger partial charge in [0.2, 0.25) is 0 Å². The highest BCUT2D eigenvalue weighted by atomic mass is 16.4. The number of aliphatic carboxylic acids is 1. The van der Waals surface area contributed by atoms with E-state index in [9.17, 15) is 9.90 Å². The molecule has 0 saturated carbocycles. The predicted octanol–water partition coefficient (Wildman–Crippen LogP) is 1.47. The minimum atomic E-state index is -1.01. The van der Waals surface area contributed by atoms with Crippen LogP contribution in [-0.2, 0) is 4.79 Å². The first-order valence-corrected chi connectivity index (χ1v) is 4.42. The van der Waals surface area contributed by atoms with Crippen molar-refractivity contribution >= 4 is 11.7 Å². The number of carbonyl (C=O) groups is 1. The molecule has 0 unspecified atom stereocenters. The molecule has 80 valence electrons. The number of phenolic OH excluding ortho intramolecular Hbond substituents is 1. The molecule has 4 nitrogen and oxygen atoms in total. The molecule has 0 atom stereocenters. The molecule has 0 radical (unpaired) electrons. The van der Waals surface area contributed by atoms with Crippen LogP contribution in [0.25, 0.3) is 0 Å². The van der Waals surface area contributed by atoms with Gasteiger partial charge in [-0.15, -0.1) is 0 Å². The van der Waals surface area contributed by atoms with Crippen LogP contribution in [0.5, 0.6) is 5.75 Å². The maximum atomic E-state index is 10.6. The number of aromatic hydroxyl groups is 1. The summed E-state index contributed by atoms with van der Waals surface area (Å²) in [5.74, 6) is -0.859. The quantitative estimate of drug-likeness (QED) is 0.734. The van der Waals surface area contributed by atoms with E-state index in [0.29, 0.717) is 0 Å². The Morgan fingerprint density at radius 1 is 1.53 bits per heavy atom. The van der Waals surface area contributed by atoms with E-state index in [1.165, 1.54) is 0 Å². The summed E-state index contributed by atoms with van der Waals surface area (Å²) in [4.78, 5) is 12.3. The first-order valence-electron chi connectivity index (χ1n) is 4.42. The van der Waals surface area contributed by atoms with Crippen molar-refractivity contribution in [1.29, 1.82) is 0 Å². The lowest BCUT2D eigenvalue weighted by molar-refractivity contribution is -0.132. The lowest BCUT2D eigenvalue weighted by atomic mass is 10.2. The van der Waals surface area contributed by atoms with Crippen LogP contribution in [0.3, 0.4) is 0 Å². The second kappa shape index (κ2) is 4.50. The predicted molar refractivity (Wildman–Crippen MR) is 58.2 cm³/mol. The first-order chi connectivity index (χ1) is 7.00. The van der Waals surface area contributed by atoms with Crippen LogP contribution in [0.15, 0.2) is 36.4 Å². The van der Waals surface area contributed by atoms with Gasteiger partial charge in [0.15, 0.2) is 0 Å². The summed E-state index contributed by atoms with van der Waals surface area (Å²) in [7, 11) is 1.74. The van der Waals surface area contributed by atoms with Crippen molar-refractivity contribution in [3.8, 4) is 5.75 Å². The van der Waals surface area contributed by atoms with Crippen LogP contribution < -0.4 is 4.90 Å². The van der Waals surface area contributed by atoms with E-state index in [-0.39, 0.29) is 17.9 Å². The Morgan fingerprint density at radius 3 is 2.73 bits per heavy atom. The standard InChI is InChI=1S/C11H13NO3/c1-8(11(14)15)7-12(2)9-4-3-5-10(13)6-9/h3-6,13H,1,7H2,2H3,(H,14,15). The summed E-state index contributed by atoms with van der Waals surface area (Å²) >= 11 is 0. The van der Waals surface area contributed by atoms with Gasteiger partial charge in [-0.2, -0.15) is 0 Å². The number of anilines is 1. The molecule has 0 bridgehead atoms. The number of carboxylic acid groups (broad SMARTS) is 1. The second-order valence-corrected chi connectivity index (χ2v) is 3.28. The Hall–Kier alpha value is -1.97. The van der Waals surface area contributed by atoms with E-state index in [0.717, 1.165) is 5.69 Å². The van der Waals surface area contributed by atoms with Crippen molar-refractivity contribution in [2.24, 2.45) is 0 Å². The van der Waals surface area contributed by atoms with Crippen molar-refractivity contribution in [3.05, 3.63) is 36.4 Å². The molecular weight excluding hydrogens is 194 g/mol. The largest absolute Gasteiger partial charge is 0.508 e. The number of phenols is 1. The molecule has 15 heavy (non-hydrogen) atoms. The lowest BCUT2D eigenvalue weighted by Gasteiger charge is -2.19. The Labute approximate surface area is 88.1 Å². The Balaban J connectivity index is 2.73. The van der Waals surface area contributed by atoms with Gasteiger partial charge in [0.05, 0.1) is 0 Å². The molecule has 0 amide bonds. The minimum absolute atomic E-state index is 0.112. The Morgan fingerprint density at radius 2 is 2.20 bits per heavy atom. The minimum Gasteiger partial charge on any atom is -0.508 e. The summed E-state index contributed by atoms with van der Waals surface area (Å²) < 4.78 is 0. The van der Waals surface area contributed by atoms with Crippen molar-refractivity contribution in [3.63, 3.8) is 0 Å². The monoisotopic (exact) mass is 207 g/mol. The molecule has 0 spiro atoms. The molecule has 0 aromatic heterocycles. The molecule has 0 aliphatic carbocycles. The zero-order chi connectivity index (χ0) is 11.4. The SMILES string of the molecule is C=C(CN(C)c1cccc(O)c1)C(=O)O. The highest BCUT2D eigenvalue weighted by Crippen LogP contribution is 2.19. The third-order valence-electron chi connectivity index (χ3n) is 2.00. The molecule has 1 rings (SSSR count). The van der Waals surface area contributed by atoms with Gasteiger partial charge in [0, 0.05) is 30.9 Å². The fraction of sp³-hybridized carbons (Fsp3) is 0.182. The fourth-order valence-electron chi connectivity index (χ4n) is 1.18. The maximum Gasteiger partial charge on any atom is 0.332 e. The zero-order valence-corrected chi connectivity index (χ0v) is 8.47. The van der Waals surface area contributed by atoms with Crippen LogP contribution >= 0.6 is 0 Å². The van der Waals surface area contributed by atoms with E-state index < -0.39 is 5.97 Å². The zero-order valence-electron chi connectivity index (χ0n) is 8.47. The number of hydrogen-bond donors (Lipinski definition) is 2. The Bertz CT molecular complexity index is 387. The molecule has 0 saturated heterocycles. The van der Waals surface area contributed by atoms with Crippen LogP contribution in [0.2, 0.25) is 0 Å². The van der Waals surface area contributed by atoms with Crippen molar-refractivity contribution in [1.82, 2.24) is 0 Å². The van der Waals surface area contributed by atoms with Crippen LogP contribution in [0.4, 0.5) is 5.69 Å². The first kappa shape index (κ1) is 11.1. The molecule has 2 N–H and O–H groups in total. The summed E-state index contributed by atoms with van der Waals surface area (Å²) in [6, 6.07) is 6.61. The van der Waals surface area contributed by atoms with Crippen molar-refractivity contribution in [2.45, 2.75) is 0 Å². The van der Waals surface area contributed by atoms with Gasteiger partial charge in [-0.3, -0.25) is 0 Å². The number of carboxylic acids is 1. The van der Waals surface area contributed by atoms with Gasteiger partial charge >= 0.3 is 5.97 Å². The number of rotatable bonds is 4. The Kier molecular flexibility index (Phi) is 3.33. The lowest BCUT2D eigenvalue weighted by Crippen LogP contribution is -2.22. The molecule has 1 aromatic carbocycles. The third kappa shape index (κ3) is 3.02. The van der Waals surface area contributed by atoms with Gasteiger partial charge in [-0.1, -0.05) is 12.6 Å². The molecular formula is C11H13NO3. The van der Waals surface area contributed by atoms with E-state index in [1.807, 2.05) is 0 Å². The van der Waals surface area contributed by atoms with Gasteiger partial charge in [-0.25, -0.2) is 4.79 Å². The van der Waals surface area contributed by atoms with Gasteiger partial charge in [0.25, 0.3) is 0 Å². The average Bonchev–Trinajstić information content (AvgIpc) is 2.17. The number of nitrogens with zero attached hydrogens (tertiary/aromatic N) is 1. The highest BCUT2D eigenvalue weighted by molar-refractivity contribution is 5.87. The second-order valence-electron chi connectivity index (χ2n) is 3.28. The smallest absolute Gasteiger partial charge is 0.332 e. The maximum absolute atomic E-state index is 10.6. The van der Waals surface area contributed by atoms with Gasteiger partial charge in [0.1, 0.15) is 5.75 Å². The molecule has 0 fully saturated rings. The van der Waals surface area contributed by atoms with Crippen LogP contribution in [0, 0.1) is 0 Å². The summed E-state index contributed by atoms with van der Waals surface area (Å²) in [5.41, 5.74) is 0.859. The molecule has 0 aliphatic heterocycles. The molecule has 0 heterocycles. The average molecular weight is 207 g/mol. The normalized spacial score (nSPS) is 9.67. The molecule has 4 heteroatoms. The summed E-state index contributed by atoms with van der Waals surface area (Å²) in [6.07, 6.45) is 0. The van der Waals surface area contributed by atoms with E-state index in [2.05, 4.69) is 6.58 Å². The van der Waals surface area contributed by atoms with Crippen LogP contribution in [-0.4, -0.2) is 29.8 Å².